The number of rotatable bonds is 33. The fraction of sp³-hybridized carbons (Fsp3) is 0.864. The summed E-state index contributed by atoms with van der Waals surface area (Å²) in [6, 6.07) is 0. The van der Waals surface area contributed by atoms with E-state index < -0.39 is 92.7 Å². The first-order valence-corrected chi connectivity index (χ1v) is 22.4. The number of aliphatic hydroxyl groups is 7. The van der Waals surface area contributed by atoms with Crippen molar-refractivity contribution in [3.8, 4) is 0 Å². The fourth-order valence-electron chi connectivity index (χ4n) is 6.88. The van der Waals surface area contributed by atoms with Gasteiger partial charge in [-0.25, -0.2) is 0 Å². The lowest BCUT2D eigenvalue weighted by molar-refractivity contribution is -0.332. The van der Waals surface area contributed by atoms with Gasteiger partial charge in [-0.05, 0) is 38.5 Å². The van der Waals surface area contributed by atoms with Crippen molar-refractivity contribution in [3.05, 3.63) is 24.3 Å². The van der Waals surface area contributed by atoms with Gasteiger partial charge in [0.25, 0.3) is 0 Å². The molecule has 2 saturated heterocycles. The normalized spacial score (nSPS) is 28.0. The lowest BCUT2D eigenvalue weighted by atomic mass is 9.98. The third kappa shape index (κ3) is 22.1. The lowest BCUT2D eigenvalue weighted by Gasteiger charge is -2.42. The summed E-state index contributed by atoms with van der Waals surface area (Å²) in [5, 5.41) is 71.7. The second kappa shape index (κ2) is 32.7. The van der Waals surface area contributed by atoms with Crippen molar-refractivity contribution in [1.29, 1.82) is 0 Å². The third-order valence-corrected chi connectivity index (χ3v) is 10.7. The molecule has 0 amide bonds. The molecule has 0 saturated carbocycles. The number of carbonyl (C=O) groups excluding carboxylic acids is 2. The van der Waals surface area contributed by atoms with Crippen molar-refractivity contribution in [3.63, 3.8) is 0 Å². The Hall–Kier alpha value is -2.02. The van der Waals surface area contributed by atoms with E-state index in [1.54, 1.807) is 0 Å². The summed E-state index contributed by atoms with van der Waals surface area (Å²) in [4.78, 5) is 25.5. The van der Waals surface area contributed by atoms with Crippen LogP contribution in [-0.4, -0.2) is 142 Å². The number of unbranched alkanes of at least 4 members (excludes halogenated alkanes) is 15. The summed E-state index contributed by atoms with van der Waals surface area (Å²) < 4.78 is 33.4. The largest absolute Gasteiger partial charge is 0.462 e. The van der Waals surface area contributed by atoms with Crippen molar-refractivity contribution in [2.24, 2.45) is 0 Å². The van der Waals surface area contributed by atoms with E-state index in [1.165, 1.54) is 44.9 Å². The number of aliphatic hydroxyl groups excluding tert-OH is 7. The minimum absolute atomic E-state index is 0.164. The van der Waals surface area contributed by atoms with Crippen LogP contribution in [0.2, 0.25) is 0 Å². The lowest BCUT2D eigenvalue weighted by Crippen LogP contribution is -2.61. The van der Waals surface area contributed by atoms with Gasteiger partial charge in [-0.1, -0.05) is 122 Å². The molecule has 59 heavy (non-hydrogen) atoms. The Labute approximate surface area is 352 Å². The third-order valence-electron chi connectivity index (χ3n) is 10.7. The molecule has 2 rings (SSSR count). The molecular weight excluding hydrogens is 768 g/mol. The fourth-order valence-corrected chi connectivity index (χ4v) is 6.88. The van der Waals surface area contributed by atoms with Gasteiger partial charge in [0, 0.05) is 12.8 Å². The Morgan fingerprint density at radius 1 is 0.542 bits per heavy atom. The van der Waals surface area contributed by atoms with E-state index in [4.69, 9.17) is 28.4 Å². The van der Waals surface area contributed by atoms with Crippen LogP contribution in [0.1, 0.15) is 149 Å². The minimum Gasteiger partial charge on any atom is -0.462 e. The summed E-state index contributed by atoms with van der Waals surface area (Å²) in [6.07, 6.45) is 12.3. The SMILES string of the molecule is CCCC/C=C/C/C=C/CCCCCCCC(=O)OC[C@H](CO[C@@H]1O[C@H](CO[C@@H]2O[C@H](CO)[C@H](O)C(O)C2O)[C@H](O)C(O)C1O)OC(=O)CCCCCCCCCCC. The van der Waals surface area contributed by atoms with E-state index in [-0.39, 0.29) is 26.1 Å². The average molecular weight is 847 g/mol. The molecule has 15 nitrogen and oxygen atoms in total. The zero-order valence-corrected chi connectivity index (χ0v) is 35.7. The first kappa shape index (κ1) is 53.1. The standard InChI is InChI=1S/C44H78O15/c1-3-5-7-9-11-13-14-15-16-17-19-20-22-24-26-35(46)54-29-32(57-36(47)27-25-23-21-18-12-10-8-6-4-2)30-55-43-42(53)40(51)38(49)34(59-43)31-56-44-41(52)39(50)37(48)33(28-45)58-44/h9,11,14-15,32-34,37-45,48-53H,3-8,10,12-13,16-31H2,1-2H3/b11-9+,15-14+/t32-,33-,34-,37+,38+,39?,40?,41?,42?,43-,44-/m1/s1. The maximum absolute atomic E-state index is 12.9. The van der Waals surface area contributed by atoms with E-state index in [0.717, 1.165) is 64.2 Å². The number of esters is 2. The van der Waals surface area contributed by atoms with E-state index in [0.29, 0.717) is 12.8 Å². The highest BCUT2D eigenvalue weighted by molar-refractivity contribution is 5.70. The van der Waals surface area contributed by atoms with Gasteiger partial charge in [-0.2, -0.15) is 0 Å². The van der Waals surface area contributed by atoms with Gasteiger partial charge in [0.2, 0.25) is 0 Å². The quantitative estimate of drug-likeness (QED) is 0.0275. The van der Waals surface area contributed by atoms with E-state index in [2.05, 4.69) is 38.2 Å². The summed E-state index contributed by atoms with van der Waals surface area (Å²) in [7, 11) is 0. The smallest absolute Gasteiger partial charge is 0.306 e. The Bertz CT molecular complexity index is 1140. The second-order valence-corrected chi connectivity index (χ2v) is 15.9. The molecule has 7 N–H and O–H groups in total. The molecule has 344 valence electrons. The molecule has 2 heterocycles. The van der Waals surface area contributed by atoms with Gasteiger partial charge >= 0.3 is 11.9 Å². The van der Waals surface area contributed by atoms with Gasteiger partial charge < -0.3 is 64.2 Å². The molecular formula is C44H78O15. The number of allylic oxidation sites excluding steroid dienone is 4. The maximum atomic E-state index is 12.9. The molecule has 2 aliphatic heterocycles. The van der Waals surface area contributed by atoms with Gasteiger partial charge in [-0.15, -0.1) is 0 Å². The summed E-state index contributed by atoms with van der Waals surface area (Å²) >= 11 is 0. The Balaban J connectivity index is 1.86. The number of hydrogen-bond donors (Lipinski definition) is 7. The minimum atomic E-state index is -1.76. The Kier molecular flexibility index (Phi) is 29.4. The van der Waals surface area contributed by atoms with Crippen molar-refractivity contribution >= 4 is 11.9 Å². The first-order chi connectivity index (χ1) is 28.5. The van der Waals surface area contributed by atoms with Crippen LogP contribution in [0.25, 0.3) is 0 Å². The Morgan fingerprint density at radius 3 is 1.63 bits per heavy atom. The van der Waals surface area contributed by atoms with Crippen LogP contribution in [0.15, 0.2) is 24.3 Å². The zero-order chi connectivity index (χ0) is 43.3. The monoisotopic (exact) mass is 847 g/mol. The van der Waals surface area contributed by atoms with E-state index >= 15 is 0 Å². The molecule has 4 unspecified atom stereocenters. The van der Waals surface area contributed by atoms with Crippen molar-refractivity contribution in [2.75, 3.05) is 26.4 Å². The molecule has 0 radical (unpaired) electrons. The molecule has 15 heteroatoms. The van der Waals surface area contributed by atoms with Gasteiger partial charge in [0.1, 0.15) is 55.4 Å². The number of ether oxygens (including phenoxy) is 6. The van der Waals surface area contributed by atoms with Crippen LogP contribution in [0, 0.1) is 0 Å². The predicted molar refractivity (Wildman–Crippen MR) is 220 cm³/mol. The first-order valence-electron chi connectivity index (χ1n) is 22.4. The maximum Gasteiger partial charge on any atom is 0.306 e. The van der Waals surface area contributed by atoms with Crippen molar-refractivity contribution in [1.82, 2.24) is 0 Å². The highest BCUT2D eigenvalue weighted by Crippen LogP contribution is 2.26. The molecule has 2 fully saturated rings. The van der Waals surface area contributed by atoms with Crippen LogP contribution in [0.4, 0.5) is 0 Å². The van der Waals surface area contributed by atoms with Crippen LogP contribution in [0.3, 0.4) is 0 Å². The second-order valence-electron chi connectivity index (χ2n) is 15.9. The van der Waals surface area contributed by atoms with E-state index in [1.807, 2.05) is 0 Å². The van der Waals surface area contributed by atoms with E-state index in [9.17, 15) is 45.3 Å². The molecule has 2 aliphatic rings. The molecule has 0 aromatic carbocycles. The molecule has 0 bridgehead atoms. The summed E-state index contributed by atoms with van der Waals surface area (Å²) in [5.41, 5.74) is 0. The summed E-state index contributed by atoms with van der Waals surface area (Å²) in [6.45, 7) is 2.48. The zero-order valence-electron chi connectivity index (χ0n) is 35.7. The van der Waals surface area contributed by atoms with Gasteiger partial charge in [0.05, 0.1) is 19.8 Å². The number of carbonyl (C=O) groups is 2. The molecule has 0 aromatic heterocycles. The van der Waals surface area contributed by atoms with Gasteiger partial charge in [-0.3, -0.25) is 9.59 Å². The molecule has 0 spiro atoms. The molecule has 0 aliphatic carbocycles. The van der Waals surface area contributed by atoms with Gasteiger partial charge in [0.15, 0.2) is 18.7 Å². The highest BCUT2D eigenvalue weighted by atomic mass is 16.7. The average Bonchev–Trinajstić information content (AvgIpc) is 3.23. The van der Waals surface area contributed by atoms with Crippen LogP contribution < -0.4 is 0 Å². The molecule has 11 atom stereocenters. The van der Waals surface area contributed by atoms with Crippen molar-refractivity contribution in [2.45, 2.75) is 216 Å². The van der Waals surface area contributed by atoms with Crippen LogP contribution in [-0.2, 0) is 38.0 Å². The topological polar surface area (TPSA) is 231 Å². The molecule has 0 aromatic rings. The highest BCUT2D eigenvalue weighted by Gasteiger charge is 2.47. The predicted octanol–water partition coefficient (Wildman–Crippen LogP) is 4.43. The summed E-state index contributed by atoms with van der Waals surface area (Å²) in [5.74, 6) is -0.944. The number of hydrogen-bond acceptors (Lipinski definition) is 15. The van der Waals surface area contributed by atoms with Crippen LogP contribution in [0.5, 0.6) is 0 Å². The Morgan fingerprint density at radius 2 is 1.03 bits per heavy atom. The van der Waals surface area contributed by atoms with Crippen molar-refractivity contribution < 1.29 is 73.8 Å². The van der Waals surface area contributed by atoms with Crippen LogP contribution >= 0.6 is 0 Å².